The van der Waals surface area contributed by atoms with Gasteiger partial charge in [0.05, 0.1) is 29.9 Å². The van der Waals surface area contributed by atoms with Crippen molar-refractivity contribution in [3.05, 3.63) is 63.8 Å². The van der Waals surface area contributed by atoms with E-state index in [2.05, 4.69) is 36.7 Å². The summed E-state index contributed by atoms with van der Waals surface area (Å²) in [5.41, 5.74) is 3.07. The second-order valence-electron chi connectivity index (χ2n) is 8.61. The lowest BCUT2D eigenvalue weighted by molar-refractivity contribution is 0.103. The maximum absolute atomic E-state index is 13.6. The highest BCUT2D eigenvalue weighted by Gasteiger charge is 2.40. The van der Waals surface area contributed by atoms with Crippen molar-refractivity contribution >= 4 is 16.7 Å². The minimum absolute atomic E-state index is 0.0933. The summed E-state index contributed by atoms with van der Waals surface area (Å²) in [5, 5.41) is 20.0. The molecule has 1 aromatic heterocycles. The van der Waals surface area contributed by atoms with Crippen molar-refractivity contribution in [2.45, 2.75) is 38.7 Å². The Balaban J connectivity index is 1.99. The van der Waals surface area contributed by atoms with Crippen LogP contribution in [0, 0.1) is 23.2 Å². The number of fused-ring (bicyclic) bond motifs is 4. The first-order chi connectivity index (χ1) is 14.1. The molecule has 4 rings (SSSR count). The number of rotatable bonds is 1. The molecule has 5 nitrogen and oxygen atoms in total. The van der Waals surface area contributed by atoms with Crippen molar-refractivity contribution in [3.8, 4) is 23.7 Å². The van der Waals surface area contributed by atoms with Gasteiger partial charge in [0.15, 0.2) is 5.78 Å². The number of nitriles is 1. The zero-order valence-electron chi connectivity index (χ0n) is 17.6. The standard InChI is InChI=1S/C25H22N2O3/c1-24(2,29)9-8-15-11-17-18(12-20(15)30-5)25(3,4)23-21(22(17)28)16-7-6-14(13-26)10-19(16)27-23/h6-7,10-12,27,29H,1-5H3. The molecule has 150 valence electrons. The average Bonchev–Trinajstić information content (AvgIpc) is 3.09. The van der Waals surface area contributed by atoms with E-state index in [9.17, 15) is 15.2 Å². The minimum atomic E-state index is -1.16. The van der Waals surface area contributed by atoms with Crippen LogP contribution >= 0.6 is 0 Å². The molecule has 0 unspecified atom stereocenters. The van der Waals surface area contributed by atoms with Gasteiger partial charge in [0.25, 0.3) is 0 Å². The van der Waals surface area contributed by atoms with Crippen molar-refractivity contribution in [3.63, 3.8) is 0 Å². The number of nitrogens with one attached hydrogen (secondary N) is 1. The molecule has 0 bridgehead atoms. The molecular formula is C25H22N2O3. The van der Waals surface area contributed by atoms with Gasteiger partial charge in [-0.15, -0.1) is 0 Å². The summed E-state index contributed by atoms with van der Waals surface area (Å²) >= 11 is 0. The normalized spacial score (nSPS) is 14.4. The SMILES string of the molecule is COc1cc2c(cc1C#CC(C)(C)O)C(=O)c1c([nH]c3cc(C#N)ccc13)C2(C)C. The van der Waals surface area contributed by atoms with E-state index in [0.29, 0.717) is 28.0 Å². The molecular weight excluding hydrogens is 376 g/mol. The Kier molecular flexibility index (Phi) is 4.27. The Bertz CT molecular complexity index is 1320. The topological polar surface area (TPSA) is 86.1 Å². The van der Waals surface area contributed by atoms with Crippen LogP contribution in [0.3, 0.4) is 0 Å². The Morgan fingerprint density at radius 3 is 2.57 bits per heavy atom. The van der Waals surface area contributed by atoms with Crippen molar-refractivity contribution < 1.29 is 14.6 Å². The lowest BCUT2D eigenvalue weighted by atomic mass is 9.71. The van der Waals surface area contributed by atoms with E-state index in [0.717, 1.165) is 22.2 Å². The monoisotopic (exact) mass is 398 g/mol. The van der Waals surface area contributed by atoms with Crippen LogP contribution in [0.25, 0.3) is 10.9 Å². The smallest absolute Gasteiger partial charge is 0.195 e. The van der Waals surface area contributed by atoms with Crippen molar-refractivity contribution in [1.82, 2.24) is 4.98 Å². The Morgan fingerprint density at radius 1 is 1.20 bits per heavy atom. The summed E-state index contributed by atoms with van der Waals surface area (Å²) in [6.07, 6.45) is 0. The predicted molar refractivity (Wildman–Crippen MR) is 115 cm³/mol. The number of aromatic amines is 1. The van der Waals surface area contributed by atoms with Crippen LogP contribution in [0.1, 0.15) is 66.0 Å². The Labute approximate surface area is 175 Å². The molecule has 0 saturated carbocycles. The number of aliphatic hydroxyl groups is 1. The van der Waals surface area contributed by atoms with Crippen molar-refractivity contribution in [2.75, 3.05) is 7.11 Å². The Morgan fingerprint density at radius 2 is 1.93 bits per heavy atom. The van der Waals surface area contributed by atoms with Crippen LogP contribution in [0.5, 0.6) is 5.75 Å². The van der Waals surface area contributed by atoms with Crippen LogP contribution in [0.15, 0.2) is 30.3 Å². The van der Waals surface area contributed by atoms with Crippen LogP contribution in [0.4, 0.5) is 0 Å². The number of benzene rings is 2. The molecule has 0 amide bonds. The fraction of sp³-hybridized carbons (Fsp3) is 0.280. The quantitative estimate of drug-likeness (QED) is 0.606. The van der Waals surface area contributed by atoms with Gasteiger partial charge in [0.2, 0.25) is 0 Å². The molecule has 0 spiro atoms. The van der Waals surface area contributed by atoms with E-state index in [1.54, 1.807) is 39.2 Å². The lowest BCUT2D eigenvalue weighted by Gasteiger charge is -2.32. The van der Waals surface area contributed by atoms with Crippen molar-refractivity contribution in [1.29, 1.82) is 5.26 Å². The van der Waals surface area contributed by atoms with Crippen LogP contribution < -0.4 is 4.74 Å². The van der Waals surface area contributed by atoms with Gasteiger partial charge < -0.3 is 14.8 Å². The van der Waals surface area contributed by atoms with Crippen LogP contribution in [-0.4, -0.2) is 28.6 Å². The first-order valence-electron chi connectivity index (χ1n) is 9.66. The third-order valence-electron chi connectivity index (χ3n) is 5.54. The fourth-order valence-electron chi connectivity index (χ4n) is 4.01. The molecule has 3 aromatic rings. The average molecular weight is 398 g/mol. The number of ketones is 1. The number of H-pyrrole nitrogens is 1. The molecule has 0 saturated heterocycles. The molecule has 0 atom stereocenters. The number of carbonyl (C=O) groups excluding carboxylic acids is 1. The molecule has 30 heavy (non-hydrogen) atoms. The largest absolute Gasteiger partial charge is 0.495 e. The third kappa shape index (κ3) is 2.96. The van der Waals surface area contributed by atoms with Crippen molar-refractivity contribution in [2.24, 2.45) is 0 Å². The molecule has 1 heterocycles. The Hall–Kier alpha value is -3.54. The molecule has 5 heteroatoms. The van der Waals surface area contributed by atoms with Gasteiger partial charge in [-0.2, -0.15) is 5.26 Å². The summed E-state index contributed by atoms with van der Waals surface area (Å²) in [4.78, 5) is 16.9. The van der Waals surface area contributed by atoms with E-state index in [1.807, 2.05) is 12.1 Å². The van der Waals surface area contributed by atoms with E-state index >= 15 is 0 Å². The van der Waals surface area contributed by atoms with Gasteiger partial charge in [-0.25, -0.2) is 0 Å². The number of methoxy groups -OCH3 is 1. The maximum Gasteiger partial charge on any atom is 0.195 e. The summed E-state index contributed by atoms with van der Waals surface area (Å²) < 4.78 is 5.54. The molecule has 0 radical (unpaired) electrons. The van der Waals surface area contributed by atoms with Gasteiger partial charge >= 0.3 is 0 Å². The van der Waals surface area contributed by atoms with Gasteiger partial charge in [0, 0.05) is 27.6 Å². The molecule has 0 aliphatic heterocycles. The minimum Gasteiger partial charge on any atom is -0.495 e. The second-order valence-corrected chi connectivity index (χ2v) is 8.61. The van der Waals surface area contributed by atoms with Gasteiger partial charge in [-0.1, -0.05) is 31.8 Å². The number of hydrogen-bond acceptors (Lipinski definition) is 4. The third-order valence-corrected chi connectivity index (χ3v) is 5.54. The second kappa shape index (κ2) is 6.49. The molecule has 0 fully saturated rings. The highest BCUT2D eigenvalue weighted by molar-refractivity contribution is 6.20. The number of aromatic nitrogens is 1. The fourth-order valence-corrected chi connectivity index (χ4v) is 4.01. The van der Waals surface area contributed by atoms with Gasteiger partial charge in [0.1, 0.15) is 11.4 Å². The summed E-state index contributed by atoms with van der Waals surface area (Å²) in [6, 6.07) is 11.1. The first-order valence-corrected chi connectivity index (χ1v) is 9.66. The molecule has 1 aliphatic rings. The van der Waals surface area contributed by atoms with E-state index < -0.39 is 11.0 Å². The highest BCUT2D eigenvalue weighted by atomic mass is 16.5. The van der Waals surface area contributed by atoms with Gasteiger partial charge in [-0.05, 0) is 43.7 Å². The summed E-state index contributed by atoms with van der Waals surface area (Å²) in [7, 11) is 1.56. The predicted octanol–water partition coefficient (Wildman–Crippen LogP) is 4.04. The van der Waals surface area contributed by atoms with E-state index in [-0.39, 0.29) is 5.78 Å². The van der Waals surface area contributed by atoms with Gasteiger partial charge in [-0.3, -0.25) is 4.79 Å². The zero-order valence-corrected chi connectivity index (χ0v) is 17.6. The lowest BCUT2D eigenvalue weighted by Crippen LogP contribution is -2.30. The zero-order chi connectivity index (χ0) is 21.8. The summed E-state index contributed by atoms with van der Waals surface area (Å²) in [6.45, 7) is 7.32. The van der Waals surface area contributed by atoms with Crippen LogP contribution in [0.2, 0.25) is 0 Å². The van der Waals surface area contributed by atoms with Crippen LogP contribution in [-0.2, 0) is 5.41 Å². The molecule has 1 aliphatic carbocycles. The van der Waals surface area contributed by atoms with E-state index in [4.69, 9.17) is 4.74 Å². The number of ether oxygens (including phenoxy) is 1. The molecule has 2 aromatic carbocycles. The number of nitrogens with zero attached hydrogens (tertiary/aromatic N) is 1. The number of hydrogen-bond donors (Lipinski definition) is 2. The number of carbonyl (C=O) groups is 1. The highest BCUT2D eigenvalue weighted by Crippen LogP contribution is 2.45. The molecule has 2 N–H and O–H groups in total. The summed E-state index contributed by atoms with van der Waals surface area (Å²) in [5.74, 6) is 6.20. The first kappa shape index (κ1) is 19.8. The van der Waals surface area contributed by atoms with E-state index in [1.165, 1.54) is 0 Å². The maximum atomic E-state index is 13.6.